The quantitative estimate of drug-likeness (QED) is 0.176. The molecule has 0 aromatic carbocycles. The van der Waals surface area contributed by atoms with Crippen molar-refractivity contribution in [2.75, 3.05) is 0 Å². The van der Waals surface area contributed by atoms with Crippen LogP contribution >= 0.6 is 0 Å². The van der Waals surface area contributed by atoms with Crippen LogP contribution in [0.4, 0.5) is 0 Å². The van der Waals surface area contributed by atoms with Crippen LogP contribution in [-0.4, -0.2) is 0 Å². The van der Waals surface area contributed by atoms with Crippen molar-refractivity contribution in [2.24, 2.45) is 5.73 Å². The molecule has 0 saturated carbocycles. The Balaban J connectivity index is 2.95. The molecule has 0 amide bonds. The molecule has 0 fully saturated rings. The van der Waals surface area contributed by atoms with Crippen LogP contribution in [0.1, 0.15) is 122 Å². The van der Waals surface area contributed by atoms with Crippen LogP contribution in [0.5, 0.6) is 0 Å². The van der Waals surface area contributed by atoms with E-state index in [1.54, 1.807) is 0 Å². The van der Waals surface area contributed by atoms with Crippen molar-refractivity contribution in [3.8, 4) is 12.0 Å². The molecule has 0 aliphatic carbocycles. The average molecular weight is 308 g/mol. The van der Waals surface area contributed by atoms with Gasteiger partial charge in [-0.05, 0) is 6.42 Å². The summed E-state index contributed by atoms with van der Waals surface area (Å²) in [7, 11) is 0. The zero-order valence-electron chi connectivity index (χ0n) is 15.3. The highest BCUT2D eigenvalue weighted by atomic mass is 14.4. The van der Waals surface area contributed by atoms with Crippen molar-refractivity contribution in [3.63, 3.8) is 0 Å². The molecule has 0 bridgehead atoms. The molecule has 0 unspecified atom stereocenters. The molecule has 0 aromatic heterocycles. The van der Waals surface area contributed by atoms with Gasteiger partial charge in [0.25, 0.3) is 0 Å². The Labute approximate surface area is 140 Å². The standard InChI is InChI=1S/C21H41N/c1-2-3-4-5-6-7-8-9-10-11-12-13-14-15-16-17-18-19-20-21-22/h2-19,22H2,1H3. The predicted octanol–water partition coefficient (Wildman–Crippen LogP) is 6.95. The molecule has 0 aromatic rings. The van der Waals surface area contributed by atoms with E-state index in [1.165, 1.54) is 109 Å². The summed E-state index contributed by atoms with van der Waals surface area (Å²) >= 11 is 0. The first-order valence-corrected chi connectivity index (χ1v) is 10.1. The van der Waals surface area contributed by atoms with Crippen molar-refractivity contribution >= 4 is 0 Å². The Morgan fingerprint density at radius 3 is 1.14 bits per heavy atom. The molecule has 2 N–H and O–H groups in total. The second-order valence-electron chi connectivity index (χ2n) is 6.73. The van der Waals surface area contributed by atoms with E-state index < -0.39 is 0 Å². The molecule has 0 aliphatic rings. The lowest BCUT2D eigenvalue weighted by atomic mass is 10.0. The Morgan fingerprint density at radius 1 is 0.500 bits per heavy atom. The summed E-state index contributed by atoms with van der Waals surface area (Å²) in [4.78, 5) is 0. The van der Waals surface area contributed by atoms with E-state index in [9.17, 15) is 0 Å². The van der Waals surface area contributed by atoms with Gasteiger partial charge in [-0.2, -0.15) is 0 Å². The molecular formula is C21H41N. The maximum Gasteiger partial charge on any atom is 0.0107 e. The van der Waals surface area contributed by atoms with Crippen molar-refractivity contribution < 1.29 is 0 Å². The first-order valence-electron chi connectivity index (χ1n) is 10.1. The summed E-state index contributed by atoms with van der Waals surface area (Å²) in [5.74, 6) is 2.93. The summed E-state index contributed by atoms with van der Waals surface area (Å²) in [6.45, 7) is 2.29. The SMILES string of the molecule is CCCCCCCCCCCCCCCCCCCC#CN. The molecule has 130 valence electrons. The molecule has 0 spiro atoms. The third kappa shape index (κ3) is 19.4. The van der Waals surface area contributed by atoms with Crippen molar-refractivity contribution in [2.45, 2.75) is 122 Å². The number of unbranched alkanes of at least 4 members (excludes halogenated alkanes) is 17. The summed E-state index contributed by atoms with van der Waals surface area (Å²) in [6.07, 6.45) is 25.2. The van der Waals surface area contributed by atoms with Crippen LogP contribution in [0.25, 0.3) is 0 Å². The number of nitrogens with two attached hydrogens (primary N) is 1. The molecule has 0 radical (unpaired) electrons. The number of rotatable bonds is 17. The van der Waals surface area contributed by atoms with Gasteiger partial charge in [0.15, 0.2) is 0 Å². The van der Waals surface area contributed by atoms with E-state index in [0.29, 0.717) is 0 Å². The zero-order chi connectivity index (χ0) is 16.1. The van der Waals surface area contributed by atoms with E-state index in [-0.39, 0.29) is 0 Å². The van der Waals surface area contributed by atoms with Crippen molar-refractivity contribution in [3.05, 3.63) is 0 Å². The lowest BCUT2D eigenvalue weighted by Gasteiger charge is -2.03. The molecule has 0 rings (SSSR count). The molecule has 0 aliphatic heterocycles. The third-order valence-electron chi connectivity index (χ3n) is 4.51. The number of hydrogen-bond acceptors (Lipinski definition) is 1. The van der Waals surface area contributed by atoms with Gasteiger partial charge < -0.3 is 5.73 Å². The summed E-state index contributed by atoms with van der Waals surface area (Å²) in [5.41, 5.74) is 5.14. The molecular weight excluding hydrogens is 266 g/mol. The summed E-state index contributed by atoms with van der Waals surface area (Å²) in [5, 5.41) is 0. The van der Waals surface area contributed by atoms with Gasteiger partial charge in [-0.3, -0.25) is 0 Å². The minimum atomic E-state index is 0.981. The van der Waals surface area contributed by atoms with Gasteiger partial charge in [-0.25, -0.2) is 0 Å². The molecule has 0 heterocycles. The van der Waals surface area contributed by atoms with Crippen LogP contribution in [0, 0.1) is 12.0 Å². The van der Waals surface area contributed by atoms with Crippen LogP contribution in [0.3, 0.4) is 0 Å². The van der Waals surface area contributed by atoms with E-state index >= 15 is 0 Å². The molecule has 0 atom stereocenters. The van der Waals surface area contributed by atoms with E-state index in [2.05, 4.69) is 18.9 Å². The summed E-state index contributed by atoms with van der Waals surface area (Å²) in [6, 6.07) is 2.47. The van der Waals surface area contributed by atoms with Crippen molar-refractivity contribution in [1.82, 2.24) is 0 Å². The first kappa shape index (κ1) is 21.4. The fourth-order valence-electron chi connectivity index (χ4n) is 3.01. The Morgan fingerprint density at radius 2 is 0.818 bits per heavy atom. The Hall–Kier alpha value is -0.640. The smallest absolute Gasteiger partial charge is 0.0107 e. The maximum absolute atomic E-state index is 5.14. The van der Waals surface area contributed by atoms with Gasteiger partial charge in [-0.15, -0.1) is 0 Å². The minimum Gasteiger partial charge on any atom is -0.359 e. The third-order valence-corrected chi connectivity index (χ3v) is 4.51. The predicted molar refractivity (Wildman–Crippen MR) is 101 cm³/mol. The normalized spacial score (nSPS) is 10.4. The van der Waals surface area contributed by atoms with Crippen LogP contribution in [0.2, 0.25) is 0 Å². The molecule has 1 heteroatoms. The van der Waals surface area contributed by atoms with Crippen LogP contribution in [0.15, 0.2) is 0 Å². The topological polar surface area (TPSA) is 26.0 Å². The largest absolute Gasteiger partial charge is 0.359 e. The average Bonchev–Trinajstić information content (AvgIpc) is 2.54. The van der Waals surface area contributed by atoms with Gasteiger partial charge in [0.2, 0.25) is 0 Å². The molecule has 0 saturated heterocycles. The summed E-state index contributed by atoms with van der Waals surface area (Å²) < 4.78 is 0. The van der Waals surface area contributed by atoms with Gasteiger partial charge in [0.05, 0.1) is 0 Å². The lowest BCUT2D eigenvalue weighted by molar-refractivity contribution is 0.528. The first-order chi connectivity index (χ1) is 10.9. The minimum absolute atomic E-state index is 0.981. The zero-order valence-corrected chi connectivity index (χ0v) is 15.3. The van der Waals surface area contributed by atoms with Gasteiger partial charge in [0, 0.05) is 12.5 Å². The van der Waals surface area contributed by atoms with E-state index in [4.69, 9.17) is 5.73 Å². The fraction of sp³-hybridized carbons (Fsp3) is 0.905. The second-order valence-corrected chi connectivity index (χ2v) is 6.73. The maximum atomic E-state index is 5.14. The molecule has 22 heavy (non-hydrogen) atoms. The van der Waals surface area contributed by atoms with Crippen LogP contribution < -0.4 is 5.73 Å². The fourth-order valence-corrected chi connectivity index (χ4v) is 3.01. The van der Waals surface area contributed by atoms with Crippen LogP contribution in [-0.2, 0) is 0 Å². The second kappa shape index (κ2) is 20.4. The molecule has 1 nitrogen and oxygen atoms in total. The van der Waals surface area contributed by atoms with Gasteiger partial charge >= 0.3 is 0 Å². The van der Waals surface area contributed by atoms with Gasteiger partial charge in [0.1, 0.15) is 0 Å². The van der Waals surface area contributed by atoms with Crippen molar-refractivity contribution in [1.29, 1.82) is 0 Å². The van der Waals surface area contributed by atoms with Gasteiger partial charge in [-0.1, -0.05) is 116 Å². The van der Waals surface area contributed by atoms with E-state index in [1.807, 2.05) is 0 Å². The lowest BCUT2D eigenvalue weighted by Crippen LogP contribution is -1.84. The monoisotopic (exact) mass is 307 g/mol. The highest BCUT2D eigenvalue weighted by molar-refractivity contribution is 4.93. The highest BCUT2D eigenvalue weighted by Crippen LogP contribution is 2.14. The number of hydrogen-bond donors (Lipinski definition) is 1. The Kier molecular flexibility index (Phi) is 19.8. The van der Waals surface area contributed by atoms with E-state index in [0.717, 1.165) is 6.42 Å². The highest BCUT2D eigenvalue weighted by Gasteiger charge is 1.94. The Bertz CT molecular complexity index is 248.